The van der Waals surface area contributed by atoms with Crippen molar-refractivity contribution in [3.05, 3.63) is 0 Å². The Morgan fingerprint density at radius 3 is 1.00 bits per heavy atom. The van der Waals surface area contributed by atoms with E-state index in [2.05, 4.69) is 0 Å². The van der Waals surface area contributed by atoms with Crippen molar-refractivity contribution in [1.82, 2.24) is 0 Å². The molecule has 0 heterocycles. The van der Waals surface area contributed by atoms with Crippen LogP contribution in [0.25, 0.3) is 0 Å². The molecule has 41 valence electrons. The Bertz CT molecular complexity index is 15.5. The summed E-state index contributed by atoms with van der Waals surface area (Å²) in [4.78, 5) is 0. The van der Waals surface area contributed by atoms with Crippen molar-refractivity contribution in [2.24, 2.45) is 0 Å². The predicted molar refractivity (Wildman–Crippen MR) is 16.2 cm³/mol. The first-order valence-corrected chi connectivity index (χ1v) is 0. The Labute approximate surface area is 107 Å². The Kier molecular flexibility index (Phi) is 406. The normalized spacial score (nSPS) is 0. The molecule has 0 bridgehead atoms. The van der Waals surface area contributed by atoms with Crippen molar-refractivity contribution in [3.8, 4) is 0 Å². The maximum absolute atomic E-state index is 0. The van der Waals surface area contributed by atoms with Gasteiger partial charge < -0.3 is 5.48 Å². The second-order valence-corrected chi connectivity index (χ2v) is 0. The summed E-state index contributed by atoms with van der Waals surface area (Å²) in [6.45, 7) is 0. The van der Waals surface area contributed by atoms with Crippen LogP contribution in [0.2, 0.25) is 0 Å². The Hall–Kier alpha value is 3.26. The second kappa shape index (κ2) is 41.0. The van der Waals surface area contributed by atoms with E-state index in [0.717, 1.165) is 0 Å². The van der Waals surface area contributed by atoms with Gasteiger partial charge in [0.05, 0.1) is 0 Å². The van der Waals surface area contributed by atoms with Gasteiger partial charge in [-0.1, -0.05) is 0 Å². The van der Waals surface area contributed by atoms with Crippen LogP contribution in [0.5, 0.6) is 0 Å². The fraction of sp³-hybridized carbons (Fsp3) is 0. The summed E-state index contributed by atoms with van der Waals surface area (Å²) in [6.07, 6.45) is 0. The van der Waals surface area contributed by atoms with E-state index in [9.17, 15) is 0 Å². The summed E-state index contributed by atoms with van der Waals surface area (Å²) in [7, 11) is 0. The van der Waals surface area contributed by atoms with Crippen molar-refractivity contribution in [2.45, 2.75) is 0 Å². The van der Waals surface area contributed by atoms with Gasteiger partial charge in [-0.2, -0.15) is 0 Å². The van der Waals surface area contributed by atoms with E-state index in [0.29, 0.717) is 0 Å². The smallest absolute Gasteiger partial charge is 0 e. The first-order valence-electron chi connectivity index (χ1n) is 0. The van der Waals surface area contributed by atoms with Crippen LogP contribution in [-0.4, -0.2) is 58.1 Å². The molecule has 0 saturated carbocycles. The number of rotatable bonds is 0. The van der Waals surface area contributed by atoms with Crippen molar-refractivity contribution in [1.29, 1.82) is 0 Å². The standard InChI is InChI=1S/Cu.Fe.Mg.Na.Ni.H2O.2H/h;;;;;1H2;;/q;;+1;;;;;/p-1. The van der Waals surface area contributed by atoms with Gasteiger partial charge in [-0.3, -0.25) is 0 Å². The van der Waals surface area contributed by atoms with Crippen LogP contribution in [0.1, 0.15) is 0 Å². The SMILES string of the molecule is [Cu].[Fe].[MgH+].[NaH].[Ni].[OH-]. The van der Waals surface area contributed by atoms with Gasteiger partial charge in [0.1, 0.15) is 0 Å². The minimum Gasteiger partial charge on any atom is -0.870 e. The van der Waals surface area contributed by atoms with Crippen molar-refractivity contribution in [3.63, 3.8) is 0 Å². The van der Waals surface area contributed by atoms with Crippen molar-refractivity contribution < 1.29 is 56.1 Å². The molecule has 0 aromatic rings. The van der Waals surface area contributed by atoms with E-state index < -0.39 is 0 Å². The van der Waals surface area contributed by atoms with E-state index in [1.807, 2.05) is 0 Å². The fourth-order valence-corrected chi connectivity index (χ4v) is 0. The quantitative estimate of drug-likeness (QED) is 0.478. The van der Waals surface area contributed by atoms with E-state index in [1.54, 1.807) is 0 Å². The first-order chi connectivity index (χ1) is 0. The molecule has 0 aliphatic carbocycles. The van der Waals surface area contributed by atoms with E-state index in [1.165, 1.54) is 0 Å². The Balaban J connectivity index is 0. The summed E-state index contributed by atoms with van der Waals surface area (Å²) < 4.78 is 0. The largest absolute Gasteiger partial charge is 0.870 e. The molecule has 0 aliphatic rings. The molecule has 0 fully saturated rings. The van der Waals surface area contributed by atoms with Gasteiger partial charge in [-0.25, -0.2) is 0 Å². The summed E-state index contributed by atoms with van der Waals surface area (Å²) in [6, 6.07) is 0. The molecule has 0 atom stereocenters. The van der Waals surface area contributed by atoms with Crippen LogP contribution < -0.4 is 0 Å². The molecule has 1 radical (unpaired) electrons. The van der Waals surface area contributed by atoms with Gasteiger partial charge in [0.2, 0.25) is 0 Å². The third-order valence-corrected chi connectivity index (χ3v) is 0. The van der Waals surface area contributed by atoms with Gasteiger partial charge in [0.25, 0.3) is 0 Å². The molecular weight excluding hydrogens is 241 g/mol. The van der Waals surface area contributed by atoms with Gasteiger partial charge in [0.15, 0.2) is 0 Å². The number of hydrogen-bond donors (Lipinski definition) is 0. The molecular formula is H3CuFeMgNaNiO. The predicted octanol–water partition coefficient (Wildman–Crippen LogP) is -1.48. The topological polar surface area (TPSA) is 30.0 Å². The molecule has 1 N–H and O–H groups in total. The van der Waals surface area contributed by atoms with Crippen LogP contribution in [0, 0.1) is 0 Å². The maximum Gasteiger partial charge on any atom is 0 e. The van der Waals surface area contributed by atoms with Crippen LogP contribution in [0.3, 0.4) is 0 Å². The molecule has 6 heavy (non-hydrogen) atoms. The minimum absolute atomic E-state index is 0. The fourth-order valence-electron chi connectivity index (χ4n) is 0. The summed E-state index contributed by atoms with van der Waals surface area (Å²) in [5, 5.41) is 0. The molecule has 0 aliphatic heterocycles. The third-order valence-electron chi connectivity index (χ3n) is 0. The molecule has 0 spiro atoms. The number of hydrogen-bond acceptors (Lipinski definition) is 1. The van der Waals surface area contributed by atoms with Gasteiger partial charge >= 0.3 is 52.6 Å². The third kappa shape index (κ3) is 26.8. The first kappa shape index (κ1) is 59.5. The zero-order valence-corrected chi connectivity index (χ0v) is 7.45. The van der Waals surface area contributed by atoms with Gasteiger partial charge in [0, 0.05) is 50.6 Å². The second-order valence-electron chi connectivity index (χ2n) is 0. The average Bonchev–Trinajstić information content (AvgIpc) is 0. The zero-order valence-electron chi connectivity index (χ0n) is 2.42. The molecule has 0 saturated heterocycles. The summed E-state index contributed by atoms with van der Waals surface area (Å²) in [5.74, 6) is 0. The molecule has 0 amide bonds. The maximum atomic E-state index is 0. The zero-order chi connectivity index (χ0) is 0. The molecule has 0 rings (SSSR count). The molecule has 6 heteroatoms. The molecule has 0 unspecified atom stereocenters. The monoisotopic (exact) mass is 243 g/mol. The molecule has 0 aromatic carbocycles. The van der Waals surface area contributed by atoms with Gasteiger partial charge in [-0.15, -0.1) is 0 Å². The van der Waals surface area contributed by atoms with Crippen molar-refractivity contribution in [2.75, 3.05) is 0 Å². The average molecular weight is 244 g/mol. The van der Waals surface area contributed by atoms with Crippen LogP contribution in [0.15, 0.2) is 0 Å². The van der Waals surface area contributed by atoms with E-state index in [4.69, 9.17) is 0 Å². The van der Waals surface area contributed by atoms with E-state index >= 15 is 0 Å². The Morgan fingerprint density at radius 1 is 1.00 bits per heavy atom. The summed E-state index contributed by atoms with van der Waals surface area (Å²) in [5.41, 5.74) is 0. The van der Waals surface area contributed by atoms with Crippen LogP contribution in [-0.2, 0) is 50.6 Å². The van der Waals surface area contributed by atoms with Crippen LogP contribution >= 0.6 is 0 Å². The molecule has 0 aromatic heterocycles. The minimum atomic E-state index is 0. The van der Waals surface area contributed by atoms with Crippen molar-refractivity contribution >= 4 is 52.6 Å². The van der Waals surface area contributed by atoms with Crippen LogP contribution in [0.4, 0.5) is 0 Å². The van der Waals surface area contributed by atoms with E-state index in [-0.39, 0.29) is 109 Å². The van der Waals surface area contributed by atoms with Gasteiger partial charge in [-0.05, 0) is 0 Å². The Morgan fingerprint density at radius 2 is 1.00 bits per heavy atom. The summed E-state index contributed by atoms with van der Waals surface area (Å²) >= 11 is 0. The molecule has 1 nitrogen and oxygen atoms in total.